The Bertz CT molecular complexity index is 571. The van der Waals surface area contributed by atoms with Crippen molar-refractivity contribution in [3.8, 4) is 0 Å². The number of carbonyl (C=O) groups is 1. The number of fused-ring (bicyclic) bond motifs is 5. The van der Waals surface area contributed by atoms with E-state index in [4.69, 9.17) is 0 Å². The average molecular weight is 375 g/mol. The van der Waals surface area contributed by atoms with Crippen LogP contribution in [0.4, 0.5) is 0 Å². The van der Waals surface area contributed by atoms with Crippen molar-refractivity contribution in [2.24, 2.45) is 46.3 Å². The first kappa shape index (κ1) is 19.9. The van der Waals surface area contributed by atoms with Gasteiger partial charge in [0, 0.05) is 6.42 Å². The van der Waals surface area contributed by atoms with Crippen LogP contribution in [0, 0.1) is 46.3 Å². The monoisotopic (exact) mass is 374 g/mol. The minimum absolute atomic E-state index is 0.0675. The Kier molecular flexibility index (Phi) is 5.28. The van der Waals surface area contributed by atoms with E-state index in [1.807, 2.05) is 0 Å². The first-order valence-corrected chi connectivity index (χ1v) is 11.9. The van der Waals surface area contributed by atoms with Crippen LogP contribution >= 0.6 is 0 Å². The maximum Gasteiger partial charge on any atom is 0.129 e. The van der Waals surface area contributed by atoms with Crippen LogP contribution in [-0.4, -0.2) is 17.0 Å². The number of hydrogen-bond donors (Lipinski definition) is 1. The Morgan fingerprint density at radius 3 is 2.52 bits per heavy atom. The van der Waals surface area contributed by atoms with Crippen LogP contribution in [-0.2, 0) is 4.79 Å². The lowest BCUT2D eigenvalue weighted by molar-refractivity contribution is -0.164. The van der Waals surface area contributed by atoms with E-state index in [0.29, 0.717) is 34.4 Å². The van der Waals surface area contributed by atoms with E-state index in [9.17, 15) is 9.90 Å². The summed E-state index contributed by atoms with van der Waals surface area (Å²) in [6, 6.07) is 0. The van der Waals surface area contributed by atoms with E-state index < -0.39 is 0 Å². The molecule has 1 N–H and O–H groups in total. The highest BCUT2D eigenvalue weighted by atomic mass is 16.3. The van der Waals surface area contributed by atoms with Crippen LogP contribution in [0.2, 0.25) is 0 Å². The van der Waals surface area contributed by atoms with Crippen LogP contribution in [0.3, 0.4) is 0 Å². The molecule has 154 valence electrons. The second-order valence-electron chi connectivity index (χ2n) is 11.5. The van der Waals surface area contributed by atoms with E-state index in [1.165, 1.54) is 51.4 Å². The van der Waals surface area contributed by atoms with Gasteiger partial charge in [-0.3, -0.25) is 0 Å². The summed E-state index contributed by atoms with van der Waals surface area (Å²) in [5.41, 5.74) is 0.873. The lowest BCUT2D eigenvalue weighted by atomic mass is 9.44. The SMILES string of the molecule is CC(=O)CCC(C)[C@H]1CCC2C3C(O)C[C@H]4CCCC[C@]4(C)C3CC[C@@]21C. The summed E-state index contributed by atoms with van der Waals surface area (Å²) in [6.45, 7) is 9.27. The molecule has 0 aromatic carbocycles. The fraction of sp³-hybridized carbons (Fsp3) is 0.960. The molecule has 0 saturated heterocycles. The van der Waals surface area contributed by atoms with Crippen molar-refractivity contribution in [2.75, 3.05) is 0 Å². The van der Waals surface area contributed by atoms with Gasteiger partial charge < -0.3 is 9.90 Å². The smallest absolute Gasteiger partial charge is 0.129 e. The molecule has 0 heterocycles. The second kappa shape index (κ2) is 7.15. The average Bonchev–Trinajstić information content (AvgIpc) is 2.97. The van der Waals surface area contributed by atoms with Crippen molar-refractivity contribution in [2.45, 2.75) is 104 Å². The number of rotatable bonds is 4. The molecule has 4 rings (SSSR count). The van der Waals surface area contributed by atoms with E-state index in [-0.39, 0.29) is 6.10 Å². The molecule has 0 bridgehead atoms. The third kappa shape index (κ3) is 3.13. The van der Waals surface area contributed by atoms with E-state index >= 15 is 0 Å². The van der Waals surface area contributed by atoms with Crippen molar-refractivity contribution in [3.63, 3.8) is 0 Å². The number of Topliss-reactive ketones (excluding diaryl/α,β-unsaturated/α-hetero) is 1. The summed E-state index contributed by atoms with van der Waals surface area (Å²) < 4.78 is 0. The summed E-state index contributed by atoms with van der Waals surface area (Å²) >= 11 is 0. The number of hydrogen-bond acceptors (Lipinski definition) is 2. The topological polar surface area (TPSA) is 37.3 Å². The lowest BCUT2D eigenvalue weighted by Gasteiger charge is -2.62. The predicted octanol–water partition coefficient (Wildman–Crippen LogP) is 6.01. The zero-order chi connectivity index (χ0) is 19.4. The zero-order valence-electron chi connectivity index (χ0n) is 18.2. The van der Waals surface area contributed by atoms with Gasteiger partial charge in [-0.05, 0) is 105 Å². The summed E-state index contributed by atoms with van der Waals surface area (Å²) in [6.07, 6.45) is 13.6. The molecular formula is C25H42O2. The minimum Gasteiger partial charge on any atom is -0.393 e. The Morgan fingerprint density at radius 2 is 1.78 bits per heavy atom. The van der Waals surface area contributed by atoms with E-state index in [1.54, 1.807) is 6.92 Å². The standard InChI is InChI=1S/C25H42O2/c1-16(8-9-17(2)26)19-10-11-20-23-21(12-14-25(19,20)4)24(3)13-6-5-7-18(24)15-22(23)27/h16,18-23,27H,5-15H2,1-4H3/t16?,18-,19-,20?,21?,22?,23?,24+,25-/m1/s1. The van der Waals surface area contributed by atoms with Gasteiger partial charge in [-0.1, -0.05) is 33.6 Å². The minimum atomic E-state index is -0.0675. The molecule has 2 nitrogen and oxygen atoms in total. The van der Waals surface area contributed by atoms with Gasteiger partial charge in [0.1, 0.15) is 5.78 Å². The largest absolute Gasteiger partial charge is 0.393 e. The molecule has 0 aromatic heterocycles. The molecule has 0 aromatic rings. The van der Waals surface area contributed by atoms with Gasteiger partial charge >= 0.3 is 0 Å². The normalized spacial score (nSPS) is 50.4. The van der Waals surface area contributed by atoms with Crippen molar-refractivity contribution in [1.29, 1.82) is 0 Å². The molecule has 0 amide bonds. The van der Waals surface area contributed by atoms with Crippen molar-refractivity contribution < 1.29 is 9.90 Å². The highest BCUT2D eigenvalue weighted by Gasteiger charge is 2.62. The van der Waals surface area contributed by atoms with Crippen molar-refractivity contribution >= 4 is 5.78 Å². The molecular weight excluding hydrogens is 332 g/mol. The molecule has 2 heteroatoms. The first-order chi connectivity index (χ1) is 12.8. The number of ketones is 1. The fourth-order valence-electron chi connectivity index (χ4n) is 8.86. The molecule has 0 spiro atoms. The van der Waals surface area contributed by atoms with Crippen LogP contribution < -0.4 is 0 Å². The summed E-state index contributed by atoms with van der Waals surface area (Å²) in [5, 5.41) is 11.3. The van der Waals surface area contributed by atoms with Crippen molar-refractivity contribution in [3.05, 3.63) is 0 Å². The van der Waals surface area contributed by atoms with Crippen LogP contribution in [0.5, 0.6) is 0 Å². The van der Waals surface area contributed by atoms with E-state index in [0.717, 1.165) is 37.0 Å². The van der Waals surface area contributed by atoms with Gasteiger partial charge in [0.25, 0.3) is 0 Å². The zero-order valence-corrected chi connectivity index (χ0v) is 18.2. The third-order valence-electron chi connectivity index (χ3n) is 10.3. The predicted molar refractivity (Wildman–Crippen MR) is 110 cm³/mol. The van der Waals surface area contributed by atoms with Crippen molar-refractivity contribution in [1.82, 2.24) is 0 Å². The van der Waals surface area contributed by atoms with Gasteiger partial charge in [0.05, 0.1) is 6.10 Å². The lowest BCUT2D eigenvalue weighted by Crippen LogP contribution is -2.57. The van der Waals surface area contributed by atoms with Gasteiger partial charge in [-0.25, -0.2) is 0 Å². The van der Waals surface area contributed by atoms with Crippen LogP contribution in [0.25, 0.3) is 0 Å². The number of carbonyl (C=O) groups excluding carboxylic acids is 1. The Hall–Kier alpha value is -0.370. The number of aliphatic hydroxyl groups excluding tert-OH is 1. The van der Waals surface area contributed by atoms with Crippen LogP contribution in [0.1, 0.15) is 98.3 Å². The molecule has 4 aliphatic rings. The first-order valence-electron chi connectivity index (χ1n) is 11.9. The van der Waals surface area contributed by atoms with Crippen LogP contribution in [0.15, 0.2) is 0 Å². The quantitative estimate of drug-likeness (QED) is 0.654. The molecule has 4 aliphatic carbocycles. The maximum atomic E-state index is 11.5. The van der Waals surface area contributed by atoms with Gasteiger partial charge in [-0.2, -0.15) is 0 Å². The van der Waals surface area contributed by atoms with E-state index in [2.05, 4.69) is 20.8 Å². The molecule has 4 saturated carbocycles. The van der Waals surface area contributed by atoms with Gasteiger partial charge in [0.2, 0.25) is 0 Å². The van der Waals surface area contributed by atoms with Gasteiger partial charge in [0.15, 0.2) is 0 Å². The molecule has 0 aliphatic heterocycles. The highest BCUT2D eigenvalue weighted by molar-refractivity contribution is 5.75. The highest BCUT2D eigenvalue weighted by Crippen LogP contribution is 2.68. The molecule has 4 fully saturated rings. The fourth-order valence-corrected chi connectivity index (χ4v) is 8.86. The molecule has 9 atom stereocenters. The summed E-state index contributed by atoms with van der Waals surface area (Å²) in [5.74, 6) is 4.47. The second-order valence-corrected chi connectivity index (χ2v) is 11.5. The Labute approximate surface area is 166 Å². The molecule has 27 heavy (non-hydrogen) atoms. The maximum absolute atomic E-state index is 11.5. The summed E-state index contributed by atoms with van der Waals surface area (Å²) in [7, 11) is 0. The summed E-state index contributed by atoms with van der Waals surface area (Å²) in [4.78, 5) is 11.5. The third-order valence-corrected chi connectivity index (χ3v) is 10.3. The molecule has 5 unspecified atom stereocenters. The Morgan fingerprint density at radius 1 is 1.04 bits per heavy atom. The molecule has 0 radical (unpaired) electrons. The Balaban J connectivity index is 1.56. The number of aliphatic hydroxyl groups is 1. The van der Waals surface area contributed by atoms with Gasteiger partial charge in [-0.15, -0.1) is 0 Å².